The number of aromatic nitrogens is 1. The van der Waals surface area contributed by atoms with Crippen LogP contribution in [0, 0.1) is 6.92 Å². The van der Waals surface area contributed by atoms with Gasteiger partial charge in [-0.1, -0.05) is 5.57 Å². The Kier molecular flexibility index (Phi) is 5.77. The normalized spacial score (nSPS) is 15.7. The molecule has 2 N–H and O–H groups in total. The molecule has 134 valence electrons. The number of hydrogen-bond acceptors (Lipinski definition) is 4. The highest BCUT2D eigenvalue weighted by Crippen LogP contribution is 2.36. The summed E-state index contributed by atoms with van der Waals surface area (Å²) in [4.78, 5) is 21.2. The van der Waals surface area contributed by atoms with Crippen LogP contribution in [-0.4, -0.2) is 23.1 Å². The molecular formula is C20H28N4O. The predicted octanol–water partition coefficient (Wildman–Crippen LogP) is 3.42. The van der Waals surface area contributed by atoms with Crippen LogP contribution in [0.3, 0.4) is 0 Å². The van der Waals surface area contributed by atoms with Crippen LogP contribution in [0.1, 0.15) is 51.8 Å². The van der Waals surface area contributed by atoms with E-state index in [2.05, 4.69) is 34.3 Å². The van der Waals surface area contributed by atoms with Crippen LogP contribution in [0.2, 0.25) is 0 Å². The number of rotatable bonds is 7. The Hall–Kier alpha value is -2.43. The lowest BCUT2D eigenvalue weighted by Crippen LogP contribution is -2.30. The third kappa shape index (κ3) is 5.02. The van der Waals surface area contributed by atoms with E-state index < -0.39 is 0 Å². The molecule has 1 heterocycles. The Morgan fingerprint density at radius 2 is 2.04 bits per heavy atom. The molecule has 0 unspecified atom stereocenters. The van der Waals surface area contributed by atoms with Crippen LogP contribution in [0.5, 0.6) is 0 Å². The molecule has 1 amide bonds. The number of amides is 1. The van der Waals surface area contributed by atoms with E-state index in [0.717, 1.165) is 35.2 Å². The van der Waals surface area contributed by atoms with Gasteiger partial charge in [0.1, 0.15) is 5.82 Å². The SMILES string of the molecule is C=N/C(NC1(C)CC1)=C(\C)C(C(=O)NCc1cc(C)ccn1)=C(C)C. The number of nitrogens with zero attached hydrogens (tertiary/aromatic N) is 2. The van der Waals surface area contributed by atoms with Crippen LogP contribution in [0.25, 0.3) is 0 Å². The second-order valence-corrected chi connectivity index (χ2v) is 7.20. The fourth-order valence-corrected chi connectivity index (χ4v) is 2.70. The lowest BCUT2D eigenvalue weighted by Gasteiger charge is -2.18. The highest BCUT2D eigenvalue weighted by atomic mass is 16.1. The number of nitrogens with one attached hydrogen (secondary N) is 2. The molecule has 1 aliphatic rings. The summed E-state index contributed by atoms with van der Waals surface area (Å²) in [5, 5.41) is 6.37. The summed E-state index contributed by atoms with van der Waals surface area (Å²) in [6, 6.07) is 3.91. The van der Waals surface area contributed by atoms with Gasteiger partial charge in [-0.3, -0.25) is 9.78 Å². The fourth-order valence-electron chi connectivity index (χ4n) is 2.70. The molecule has 2 rings (SSSR count). The molecule has 0 spiro atoms. The third-order valence-corrected chi connectivity index (χ3v) is 4.44. The van der Waals surface area contributed by atoms with Gasteiger partial charge in [-0.2, -0.15) is 0 Å². The Balaban J connectivity index is 2.17. The molecular weight excluding hydrogens is 312 g/mol. The van der Waals surface area contributed by atoms with Crippen molar-refractivity contribution in [2.24, 2.45) is 4.99 Å². The number of allylic oxidation sites excluding steroid dienone is 1. The van der Waals surface area contributed by atoms with Crippen molar-refractivity contribution in [1.29, 1.82) is 0 Å². The second kappa shape index (κ2) is 7.64. The van der Waals surface area contributed by atoms with Crippen molar-refractivity contribution in [3.8, 4) is 0 Å². The van der Waals surface area contributed by atoms with Crippen molar-refractivity contribution in [2.75, 3.05) is 0 Å². The molecule has 0 aromatic carbocycles. The molecule has 0 atom stereocenters. The van der Waals surface area contributed by atoms with Crippen molar-refractivity contribution in [1.82, 2.24) is 15.6 Å². The number of carbonyl (C=O) groups is 1. The molecule has 25 heavy (non-hydrogen) atoms. The molecule has 0 radical (unpaired) electrons. The highest BCUT2D eigenvalue weighted by molar-refractivity contribution is 5.98. The van der Waals surface area contributed by atoms with E-state index in [1.165, 1.54) is 0 Å². The lowest BCUT2D eigenvalue weighted by atomic mass is 10.0. The summed E-state index contributed by atoms with van der Waals surface area (Å²) in [5.41, 5.74) is 4.44. The maximum absolute atomic E-state index is 12.8. The Labute approximate surface area is 150 Å². The van der Waals surface area contributed by atoms with Crippen molar-refractivity contribution in [3.63, 3.8) is 0 Å². The van der Waals surface area contributed by atoms with Crippen molar-refractivity contribution < 1.29 is 4.79 Å². The average molecular weight is 340 g/mol. The van der Waals surface area contributed by atoms with Gasteiger partial charge in [-0.25, -0.2) is 4.99 Å². The zero-order chi connectivity index (χ0) is 18.6. The topological polar surface area (TPSA) is 66.4 Å². The van der Waals surface area contributed by atoms with E-state index in [-0.39, 0.29) is 11.4 Å². The number of pyridine rings is 1. The quantitative estimate of drug-likeness (QED) is 0.454. The Bertz CT molecular complexity index is 738. The summed E-state index contributed by atoms with van der Waals surface area (Å²) in [6.07, 6.45) is 3.97. The molecule has 0 aliphatic heterocycles. The summed E-state index contributed by atoms with van der Waals surface area (Å²) in [6.45, 7) is 14.0. The van der Waals surface area contributed by atoms with Gasteiger partial charge < -0.3 is 10.6 Å². The molecule has 0 bridgehead atoms. The lowest BCUT2D eigenvalue weighted by molar-refractivity contribution is -0.117. The Morgan fingerprint density at radius 1 is 1.36 bits per heavy atom. The molecule has 5 nitrogen and oxygen atoms in total. The summed E-state index contributed by atoms with van der Waals surface area (Å²) in [7, 11) is 0. The van der Waals surface area contributed by atoms with E-state index in [1.54, 1.807) is 6.20 Å². The van der Waals surface area contributed by atoms with Gasteiger partial charge in [0, 0.05) is 22.9 Å². The third-order valence-electron chi connectivity index (χ3n) is 4.44. The first kappa shape index (κ1) is 18.9. The predicted molar refractivity (Wildman–Crippen MR) is 102 cm³/mol. The maximum Gasteiger partial charge on any atom is 0.251 e. The standard InChI is InChI=1S/C20H28N4O/c1-13(2)17(15(4)18(21-6)24-20(5)8-9-20)19(25)23-12-16-11-14(3)7-10-22-16/h7,10-11,24H,6,8-9,12H2,1-5H3,(H,23,25)/b18-15-. The number of hydrogen-bond donors (Lipinski definition) is 2. The van der Waals surface area contributed by atoms with E-state index in [4.69, 9.17) is 0 Å². The zero-order valence-corrected chi connectivity index (χ0v) is 15.9. The first-order valence-electron chi connectivity index (χ1n) is 8.59. The van der Waals surface area contributed by atoms with Gasteiger partial charge in [-0.05, 0) is 71.9 Å². The number of aryl methyl sites for hydroxylation is 1. The second-order valence-electron chi connectivity index (χ2n) is 7.20. The van der Waals surface area contributed by atoms with Crippen LogP contribution in [0.15, 0.2) is 45.9 Å². The summed E-state index contributed by atoms with van der Waals surface area (Å²) >= 11 is 0. The highest BCUT2D eigenvalue weighted by Gasteiger charge is 2.38. The van der Waals surface area contributed by atoms with Gasteiger partial charge in [0.25, 0.3) is 5.91 Å². The van der Waals surface area contributed by atoms with Crippen molar-refractivity contribution >= 4 is 12.6 Å². The first-order valence-corrected chi connectivity index (χ1v) is 8.59. The van der Waals surface area contributed by atoms with Crippen molar-refractivity contribution in [3.05, 3.63) is 52.1 Å². The van der Waals surface area contributed by atoms with Gasteiger partial charge in [0.05, 0.1) is 12.2 Å². The van der Waals surface area contributed by atoms with Crippen LogP contribution in [-0.2, 0) is 11.3 Å². The molecule has 5 heteroatoms. The molecule has 1 aliphatic carbocycles. The van der Waals surface area contributed by atoms with E-state index in [9.17, 15) is 4.79 Å². The van der Waals surface area contributed by atoms with E-state index in [0.29, 0.717) is 17.9 Å². The smallest absolute Gasteiger partial charge is 0.251 e. The largest absolute Gasteiger partial charge is 0.365 e. The molecule has 0 saturated heterocycles. The van der Waals surface area contributed by atoms with Gasteiger partial charge in [-0.15, -0.1) is 0 Å². The Morgan fingerprint density at radius 3 is 2.56 bits per heavy atom. The zero-order valence-electron chi connectivity index (χ0n) is 15.9. The fraction of sp³-hybridized carbons (Fsp3) is 0.450. The molecule has 1 aromatic rings. The van der Waals surface area contributed by atoms with Gasteiger partial charge >= 0.3 is 0 Å². The van der Waals surface area contributed by atoms with E-state index >= 15 is 0 Å². The van der Waals surface area contributed by atoms with Crippen LogP contribution in [0.4, 0.5) is 0 Å². The van der Waals surface area contributed by atoms with Gasteiger partial charge in [0.2, 0.25) is 0 Å². The van der Waals surface area contributed by atoms with Crippen LogP contribution >= 0.6 is 0 Å². The molecule has 1 aromatic heterocycles. The summed E-state index contributed by atoms with van der Waals surface area (Å²) < 4.78 is 0. The van der Waals surface area contributed by atoms with Gasteiger partial charge in [0.15, 0.2) is 0 Å². The van der Waals surface area contributed by atoms with Crippen LogP contribution < -0.4 is 10.6 Å². The average Bonchev–Trinajstić information content (AvgIpc) is 3.28. The molecule has 1 saturated carbocycles. The minimum absolute atomic E-state index is 0.0759. The van der Waals surface area contributed by atoms with E-state index in [1.807, 2.05) is 39.8 Å². The minimum atomic E-state index is -0.121. The minimum Gasteiger partial charge on any atom is -0.365 e. The number of carbonyl (C=O) groups excluding carboxylic acids is 1. The monoisotopic (exact) mass is 340 g/mol. The van der Waals surface area contributed by atoms with Crippen molar-refractivity contribution in [2.45, 2.75) is 59.5 Å². The first-order chi connectivity index (χ1) is 11.8. The number of aliphatic imine (C=N–C) groups is 1. The summed E-state index contributed by atoms with van der Waals surface area (Å²) in [5.74, 6) is 0.560. The maximum atomic E-state index is 12.8. The molecule has 1 fully saturated rings.